The van der Waals surface area contributed by atoms with Crippen molar-refractivity contribution in [2.24, 2.45) is 0 Å². The van der Waals surface area contributed by atoms with Crippen molar-refractivity contribution in [1.29, 1.82) is 0 Å². The van der Waals surface area contributed by atoms with Crippen LogP contribution < -0.4 is 5.32 Å². The molecule has 1 heterocycles. The minimum atomic E-state index is 0.429. The predicted octanol–water partition coefficient (Wildman–Crippen LogP) is 3.82. The number of nitrogens with one attached hydrogen (secondary N) is 1. The van der Waals surface area contributed by atoms with Crippen molar-refractivity contribution in [1.82, 2.24) is 4.98 Å². The topological polar surface area (TPSA) is 24.9 Å². The fourth-order valence-electron chi connectivity index (χ4n) is 1.97. The third-order valence-electron chi connectivity index (χ3n) is 3.10. The number of rotatable bonds is 5. The molecule has 2 aromatic rings. The number of aromatic nitrogens is 1. The third-order valence-corrected chi connectivity index (χ3v) is 3.10. The van der Waals surface area contributed by atoms with Gasteiger partial charge in [-0.15, -0.1) is 0 Å². The Hall–Kier alpha value is -1.83. The monoisotopic (exact) mass is 240 g/mol. The Kier molecular flexibility index (Phi) is 4.35. The van der Waals surface area contributed by atoms with Crippen molar-refractivity contribution >= 4 is 5.82 Å². The molecule has 18 heavy (non-hydrogen) atoms. The van der Waals surface area contributed by atoms with Gasteiger partial charge in [-0.1, -0.05) is 36.4 Å². The maximum Gasteiger partial charge on any atom is 0.129 e. The number of nitrogens with zero attached hydrogens (tertiary/aromatic N) is 1. The van der Waals surface area contributed by atoms with Gasteiger partial charge in [0.15, 0.2) is 0 Å². The van der Waals surface area contributed by atoms with Gasteiger partial charge in [0.05, 0.1) is 0 Å². The minimum Gasteiger partial charge on any atom is -0.367 e. The predicted molar refractivity (Wildman–Crippen MR) is 76.8 cm³/mol. The number of hydrogen-bond acceptors (Lipinski definition) is 2. The molecule has 0 radical (unpaired) electrons. The third kappa shape index (κ3) is 3.59. The molecule has 94 valence electrons. The van der Waals surface area contributed by atoms with Crippen LogP contribution in [0, 0.1) is 6.92 Å². The van der Waals surface area contributed by atoms with E-state index in [1.165, 1.54) is 11.1 Å². The van der Waals surface area contributed by atoms with Gasteiger partial charge in [0.1, 0.15) is 5.82 Å². The number of pyridine rings is 1. The van der Waals surface area contributed by atoms with Crippen LogP contribution in [0.25, 0.3) is 0 Å². The smallest absolute Gasteiger partial charge is 0.129 e. The molecular weight excluding hydrogens is 220 g/mol. The number of anilines is 1. The lowest BCUT2D eigenvalue weighted by Gasteiger charge is -2.15. The Labute approximate surface area is 109 Å². The van der Waals surface area contributed by atoms with Crippen LogP contribution in [0.5, 0.6) is 0 Å². The molecule has 1 atom stereocenters. The maximum atomic E-state index is 4.36. The Balaban J connectivity index is 1.86. The van der Waals surface area contributed by atoms with Crippen LogP contribution in [0.4, 0.5) is 5.82 Å². The molecule has 2 nitrogen and oxygen atoms in total. The summed E-state index contributed by atoms with van der Waals surface area (Å²) in [7, 11) is 0. The zero-order valence-electron chi connectivity index (χ0n) is 11.1. The second-order valence-electron chi connectivity index (χ2n) is 4.74. The van der Waals surface area contributed by atoms with Crippen LogP contribution in [-0.2, 0) is 6.42 Å². The Morgan fingerprint density at radius 3 is 2.61 bits per heavy atom. The fraction of sp³-hybridized carbons (Fsp3) is 0.312. The standard InChI is InChI=1S/C16H20N2/c1-13-7-6-12-17-16(13)18-14(2)10-11-15-8-4-3-5-9-15/h3-9,12,14H,10-11H2,1-2H3,(H,17,18). The molecule has 0 amide bonds. The van der Waals surface area contributed by atoms with Crippen molar-refractivity contribution < 1.29 is 0 Å². The molecule has 0 aliphatic rings. The summed E-state index contributed by atoms with van der Waals surface area (Å²) in [4.78, 5) is 4.36. The average Bonchev–Trinajstić information content (AvgIpc) is 2.40. The zero-order valence-corrected chi connectivity index (χ0v) is 11.1. The average molecular weight is 240 g/mol. The van der Waals surface area contributed by atoms with Crippen molar-refractivity contribution in [2.45, 2.75) is 32.7 Å². The van der Waals surface area contributed by atoms with Crippen LogP contribution >= 0.6 is 0 Å². The molecule has 0 aliphatic carbocycles. The maximum absolute atomic E-state index is 4.36. The summed E-state index contributed by atoms with van der Waals surface area (Å²) in [5.41, 5.74) is 2.59. The van der Waals surface area contributed by atoms with Crippen molar-refractivity contribution in [3.05, 3.63) is 59.8 Å². The van der Waals surface area contributed by atoms with Crippen LogP contribution in [0.15, 0.2) is 48.7 Å². The molecule has 0 spiro atoms. The van der Waals surface area contributed by atoms with E-state index in [2.05, 4.69) is 60.5 Å². The highest BCUT2D eigenvalue weighted by atomic mass is 15.0. The molecule has 0 saturated heterocycles. The van der Waals surface area contributed by atoms with Crippen LogP contribution in [-0.4, -0.2) is 11.0 Å². The van der Waals surface area contributed by atoms with Gasteiger partial charge in [-0.3, -0.25) is 0 Å². The number of hydrogen-bond donors (Lipinski definition) is 1. The molecule has 0 saturated carbocycles. The molecule has 2 heteroatoms. The molecule has 0 bridgehead atoms. The lowest BCUT2D eigenvalue weighted by atomic mass is 10.1. The first-order chi connectivity index (χ1) is 8.75. The fourth-order valence-corrected chi connectivity index (χ4v) is 1.97. The molecule has 1 unspecified atom stereocenters. The summed E-state index contributed by atoms with van der Waals surface area (Å²) in [6.45, 7) is 4.29. The van der Waals surface area contributed by atoms with E-state index in [1.807, 2.05) is 12.3 Å². The quantitative estimate of drug-likeness (QED) is 0.859. The van der Waals surface area contributed by atoms with E-state index in [9.17, 15) is 0 Å². The zero-order chi connectivity index (χ0) is 12.8. The van der Waals surface area contributed by atoms with Crippen LogP contribution in [0.3, 0.4) is 0 Å². The van der Waals surface area contributed by atoms with E-state index in [-0.39, 0.29) is 0 Å². The Morgan fingerprint density at radius 2 is 1.89 bits per heavy atom. The number of aryl methyl sites for hydroxylation is 2. The molecule has 0 fully saturated rings. The first kappa shape index (κ1) is 12.6. The molecule has 1 N–H and O–H groups in total. The summed E-state index contributed by atoms with van der Waals surface area (Å²) in [5, 5.41) is 3.47. The van der Waals surface area contributed by atoms with Gasteiger partial charge in [0.2, 0.25) is 0 Å². The van der Waals surface area contributed by atoms with E-state index in [0.29, 0.717) is 6.04 Å². The van der Waals surface area contributed by atoms with Gasteiger partial charge in [0, 0.05) is 12.2 Å². The van der Waals surface area contributed by atoms with Gasteiger partial charge in [0.25, 0.3) is 0 Å². The van der Waals surface area contributed by atoms with E-state index in [0.717, 1.165) is 18.7 Å². The highest BCUT2D eigenvalue weighted by Gasteiger charge is 2.05. The van der Waals surface area contributed by atoms with E-state index < -0.39 is 0 Å². The van der Waals surface area contributed by atoms with Gasteiger partial charge in [-0.05, 0) is 43.9 Å². The molecule has 2 rings (SSSR count). The first-order valence-electron chi connectivity index (χ1n) is 6.48. The van der Waals surface area contributed by atoms with Gasteiger partial charge in [-0.2, -0.15) is 0 Å². The summed E-state index contributed by atoms with van der Waals surface area (Å²) in [6, 6.07) is 15.1. The molecular formula is C16H20N2. The second kappa shape index (κ2) is 6.20. The lowest BCUT2D eigenvalue weighted by Crippen LogP contribution is -2.17. The van der Waals surface area contributed by atoms with Gasteiger partial charge < -0.3 is 5.32 Å². The van der Waals surface area contributed by atoms with Crippen molar-refractivity contribution in [2.75, 3.05) is 5.32 Å². The molecule has 1 aromatic carbocycles. The van der Waals surface area contributed by atoms with E-state index in [1.54, 1.807) is 0 Å². The summed E-state index contributed by atoms with van der Waals surface area (Å²) in [6.07, 6.45) is 4.04. The summed E-state index contributed by atoms with van der Waals surface area (Å²) < 4.78 is 0. The number of benzene rings is 1. The highest BCUT2D eigenvalue weighted by molar-refractivity contribution is 5.43. The molecule has 1 aromatic heterocycles. The SMILES string of the molecule is Cc1cccnc1NC(C)CCc1ccccc1. The largest absolute Gasteiger partial charge is 0.367 e. The van der Waals surface area contributed by atoms with E-state index >= 15 is 0 Å². The van der Waals surface area contributed by atoms with Gasteiger partial charge >= 0.3 is 0 Å². The summed E-state index contributed by atoms with van der Waals surface area (Å²) in [5.74, 6) is 0.998. The minimum absolute atomic E-state index is 0.429. The van der Waals surface area contributed by atoms with Crippen molar-refractivity contribution in [3.63, 3.8) is 0 Å². The Morgan fingerprint density at radius 1 is 1.11 bits per heavy atom. The Bertz CT molecular complexity index is 479. The first-order valence-corrected chi connectivity index (χ1v) is 6.48. The van der Waals surface area contributed by atoms with Gasteiger partial charge in [-0.25, -0.2) is 4.98 Å². The van der Waals surface area contributed by atoms with E-state index in [4.69, 9.17) is 0 Å². The lowest BCUT2D eigenvalue weighted by molar-refractivity contribution is 0.702. The summed E-state index contributed by atoms with van der Waals surface area (Å²) >= 11 is 0. The highest BCUT2D eigenvalue weighted by Crippen LogP contribution is 2.13. The van der Waals surface area contributed by atoms with Crippen molar-refractivity contribution in [3.8, 4) is 0 Å². The normalized spacial score (nSPS) is 12.1. The van der Waals surface area contributed by atoms with Crippen LogP contribution in [0.1, 0.15) is 24.5 Å². The molecule has 0 aliphatic heterocycles. The van der Waals surface area contributed by atoms with Crippen LogP contribution in [0.2, 0.25) is 0 Å². The second-order valence-corrected chi connectivity index (χ2v) is 4.74.